The number of carbonyl (C=O) groups is 1. The van der Waals surface area contributed by atoms with Crippen molar-refractivity contribution >= 4 is 12.0 Å². The molecule has 1 aliphatic rings. The Hall–Kier alpha value is -2.37. The first-order chi connectivity index (χ1) is 12.2. The molecule has 0 aliphatic carbocycles. The van der Waals surface area contributed by atoms with Crippen LogP contribution in [0.4, 0.5) is 0 Å². The van der Waals surface area contributed by atoms with E-state index < -0.39 is 0 Å². The highest BCUT2D eigenvalue weighted by Gasteiger charge is 2.20. The zero-order chi connectivity index (χ0) is 17.5. The SMILES string of the molecule is CN1CCN(C[C@H](NC(=O)/C=C\c2ccco2)c2ccccc2)CC1. The van der Waals surface area contributed by atoms with Gasteiger partial charge in [0.1, 0.15) is 5.76 Å². The third kappa shape index (κ3) is 5.31. The van der Waals surface area contributed by atoms with Crippen LogP contribution >= 0.6 is 0 Å². The number of benzene rings is 1. The Kier molecular flexibility index (Phi) is 6.04. The molecule has 2 heterocycles. The molecule has 1 aromatic heterocycles. The van der Waals surface area contributed by atoms with Gasteiger partial charge in [0.2, 0.25) is 5.91 Å². The Bertz CT molecular complexity index is 674. The van der Waals surface area contributed by atoms with Crippen molar-refractivity contribution < 1.29 is 9.21 Å². The lowest BCUT2D eigenvalue weighted by molar-refractivity contribution is -0.117. The number of nitrogens with zero attached hydrogens (tertiary/aromatic N) is 2. The van der Waals surface area contributed by atoms with Crippen molar-refractivity contribution in [3.63, 3.8) is 0 Å². The number of hydrogen-bond acceptors (Lipinski definition) is 4. The molecular weight excluding hydrogens is 314 g/mol. The van der Waals surface area contributed by atoms with E-state index in [2.05, 4.69) is 34.3 Å². The van der Waals surface area contributed by atoms with Crippen LogP contribution in [-0.4, -0.2) is 55.5 Å². The summed E-state index contributed by atoms with van der Waals surface area (Å²) in [5, 5.41) is 3.13. The van der Waals surface area contributed by atoms with Gasteiger partial charge >= 0.3 is 0 Å². The predicted molar refractivity (Wildman–Crippen MR) is 99.0 cm³/mol. The Morgan fingerprint density at radius 3 is 2.60 bits per heavy atom. The highest BCUT2D eigenvalue weighted by atomic mass is 16.3. The molecule has 1 aliphatic heterocycles. The largest absolute Gasteiger partial charge is 0.465 e. The van der Waals surface area contributed by atoms with E-state index in [1.54, 1.807) is 18.4 Å². The molecule has 1 atom stereocenters. The Morgan fingerprint density at radius 2 is 1.92 bits per heavy atom. The second-order valence-corrected chi connectivity index (χ2v) is 6.42. The fraction of sp³-hybridized carbons (Fsp3) is 0.350. The summed E-state index contributed by atoms with van der Waals surface area (Å²) in [5.74, 6) is 0.560. The quantitative estimate of drug-likeness (QED) is 0.821. The summed E-state index contributed by atoms with van der Waals surface area (Å²) in [5.41, 5.74) is 1.13. The number of carbonyl (C=O) groups excluding carboxylic acids is 1. The highest BCUT2D eigenvalue weighted by molar-refractivity contribution is 5.91. The molecule has 1 saturated heterocycles. The van der Waals surface area contributed by atoms with Crippen molar-refractivity contribution in [1.29, 1.82) is 0 Å². The summed E-state index contributed by atoms with van der Waals surface area (Å²) < 4.78 is 5.23. The normalized spacial score (nSPS) is 17.6. The van der Waals surface area contributed by atoms with E-state index in [1.807, 2.05) is 24.3 Å². The topological polar surface area (TPSA) is 48.7 Å². The van der Waals surface area contributed by atoms with E-state index in [9.17, 15) is 4.79 Å². The van der Waals surface area contributed by atoms with Gasteiger partial charge in [-0.25, -0.2) is 0 Å². The minimum absolute atomic E-state index is 0.0293. The number of piperazine rings is 1. The summed E-state index contributed by atoms with van der Waals surface area (Å²) in [4.78, 5) is 17.1. The predicted octanol–water partition coefficient (Wildman–Crippen LogP) is 2.40. The van der Waals surface area contributed by atoms with Crippen LogP contribution < -0.4 is 5.32 Å². The lowest BCUT2D eigenvalue weighted by atomic mass is 10.1. The number of nitrogens with one attached hydrogen (secondary N) is 1. The first kappa shape index (κ1) is 17.5. The van der Waals surface area contributed by atoms with Crippen LogP contribution in [-0.2, 0) is 4.79 Å². The second-order valence-electron chi connectivity index (χ2n) is 6.42. The number of hydrogen-bond donors (Lipinski definition) is 1. The van der Waals surface area contributed by atoms with Gasteiger partial charge in [0.15, 0.2) is 0 Å². The Morgan fingerprint density at radius 1 is 1.16 bits per heavy atom. The fourth-order valence-corrected chi connectivity index (χ4v) is 2.97. The van der Waals surface area contributed by atoms with Gasteiger partial charge in [0, 0.05) is 38.8 Å². The van der Waals surface area contributed by atoms with Crippen molar-refractivity contribution in [3.05, 3.63) is 66.1 Å². The van der Waals surface area contributed by atoms with Crippen molar-refractivity contribution in [3.8, 4) is 0 Å². The zero-order valence-corrected chi connectivity index (χ0v) is 14.6. The van der Waals surface area contributed by atoms with E-state index in [0.717, 1.165) is 38.3 Å². The van der Waals surface area contributed by atoms with Gasteiger partial charge in [0.05, 0.1) is 12.3 Å². The van der Waals surface area contributed by atoms with Crippen molar-refractivity contribution in [2.45, 2.75) is 6.04 Å². The monoisotopic (exact) mass is 339 g/mol. The molecule has 0 saturated carbocycles. The minimum atomic E-state index is -0.112. The molecule has 1 aromatic carbocycles. The molecule has 2 aromatic rings. The maximum absolute atomic E-state index is 12.3. The maximum Gasteiger partial charge on any atom is 0.244 e. The average molecular weight is 339 g/mol. The van der Waals surface area contributed by atoms with Crippen molar-refractivity contribution in [2.24, 2.45) is 0 Å². The molecule has 132 valence electrons. The standard InChI is InChI=1S/C20H25N3O2/c1-22-11-13-23(14-12-22)16-19(17-6-3-2-4-7-17)21-20(24)10-9-18-8-5-15-25-18/h2-10,15,19H,11-14,16H2,1H3,(H,21,24)/b10-9-/t19-/m0/s1. The summed E-state index contributed by atoms with van der Waals surface area (Å²) in [6.45, 7) is 5.00. The number of rotatable bonds is 6. The van der Waals surface area contributed by atoms with Gasteiger partial charge in [-0.05, 0) is 30.8 Å². The van der Waals surface area contributed by atoms with Crippen LogP contribution in [0.3, 0.4) is 0 Å². The lowest BCUT2D eigenvalue weighted by Gasteiger charge is -2.34. The van der Waals surface area contributed by atoms with E-state index >= 15 is 0 Å². The van der Waals surface area contributed by atoms with Crippen LogP contribution in [0.1, 0.15) is 17.4 Å². The first-order valence-corrected chi connectivity index (χ1v) is 8.68. The molecule has 0 radical (unpaired) electrons. The summed E-state index contributed by atoms with van der Waals surface area (Å²) in [6, 6.07) is 13.7. The molecule has 0 unspecified atom stereocenters. The van der Waals surface area contributed by atoms with Crippen molar-refractivity contribution in [1.82, 2.24) is 15.1 Å². The molecule has 3 rings (SSSR count). The van der Waals surface area contributed by atoms with Gasteiger partial charge < -0.3 is 14.6 Å². The van der Waals surface area contributed by atoms with Gasteiger partial charge in [-0.15, -0.1) is 0 Å². The third-order valence-electron chi connectivity index (χ3n) is 4.50. The minimum Gasteiger partial charge on any atom is -0.465 e. The third-order valence-corrected chi connectivity index (χ3v) is 4.50. The molecule has 0 bridgehead atoms. The first-order valence-electron chi connectivity index (χ1n) is 8.68. The van der Waals surface area contributed by atoms with Gasteiger partial charge in [-0.1, -0.05) is 30.3 Å². The number of furan rings is 1. The summed E-state index contributed by atoms with van der Waals surface area (Å²) in [7, 11) is 2.15. The van der Waals surface area contributed by atoms with E-state index in [-0.39, 0.29) is 11.9 Å². The van der Waals surface area contributed by atoms with E-state index in [0.29, 0.717) is 5.76 Å². The van der Waals surface area contributed by atoms with Gasteiger partial charge in [-0.2, -0.15) is 0 Å². The Balaban J connectivity index is 1.65. The lowest BCUT2D eigenvalue weighted by Crippen LogP contribution is -2.47. The smallest absolute Gasteiger partial charge is 0.244 e. The second kappa shape index (κ2) is 8.65. The fourth-order valence-electron chi connectivity index (χ4n) is 2.97. The molecule has 1 N–H and O–H groups in total. The molecular formula is C20H25N3O2. The van der Waals surface area contributed by atoms with Crippen LogP contribution in [0.15, 0.2) is 59.2 Å². The van der Waals surface area contributed by atoms with Crippen LogP contribution in [0.5, 0.6) is 0 Å². The molecule has 5 nitrogen and oxygen atoms in total. The summed E-state index contributed by atoms with van der Waals surface area (Å²) in [6.07, 6.45) is 4.81. The molecule has 1 fully saturated rings. The molecule has 1 amide bonds. The summed E-state index contributed by atoms with van der Waals surface area (Å²) >= 11 is 0. The Labute approximate surface area is 148 Å². The van der Waals surface area contributed by atoms with Crippen molar-refractivity contribution in [2.75, 3.05) is 39.8 Å². The van der Waals surface area contributed by atoms with Crippen LogP contribution in [0.25, 0.3) is 6.08 Å². The average Bonchev–Trinajstić information content (AvgIpc) is 3.16. The molecule has 0 spiro atoms. The highest BCUT2D eigenvalue weighted by Crippen LogP contribution is 2.15. The zero-order valence-electron chi connectivity index (χ0n) is 14.6. The number of likely N-dealkylation sites (N-methyl/N-ethyl adjacent to an activating group) is 1. The maximum atomic E-state index is 12.3. The molecule has 25 heavy (non-hydrogen) atoms. The van der Waals surface area contributed by atoms with Gasteiger partial charge in [-0.3, -0.25) is 9.69 Å². The van der Waals surface area contributed by atoms with Gasteiger partial charge in [0.25, 0.3) is 0 Å². The molecule has 5 heteroatoms. The number of amides is 1. The van der Waals surface area contributed by atoms with Crippen LogP contribution in [0.2, 0.25) is 0 Å². The van der Waals surface area contributed by atoms with Crippen LogP contribution in [0, 0.1) is 0 Å². The van der Waals surface area contributed by atoms with E-state index in [1.165, 1.54) is 6.08 Å². The van der Waals surface area contributed by atoms with E-state index in [4.69, 9.17) is 4.42 Å².